The third kappa shape index (κ3) is 5.85. The van der Waals surface area contributed by atoms with Gasteiger partial charge in [0.2, 0.25) is 17.7 Å². The van der Waals surface area contributed by atoms with Crippen molar-refractivity contribution in [2.75, 3.05) is 72.2 Å². The number of likely N-dealkylation sites (tertiary alicyclic amines) is 1. The van der Waals surface area contributed by atoms with Crippen molar-refractivity contribution in [3.8, 4) is 0 Å². The Labute approximate surface area is 245 Å². The lowest BCUT2D eigenvalue weighted by atomic mass is 9.64. The summed E-state index contributed by atoms with van der Waals surface area (Å²) < 4.78 is 12.4. The van der Waals surface area contributed by atoms with Gasteiger partial charge in [-0.25, -0.2) is 0 Å². The minimum atomic E-state index is -1.05. The van der Waals surface area contributed by atoms with Crippen LogP contribution in [0.25, 0.3) is 0 Å². The lowest BCUT2D eigenvalue weighted by Crippen LogP contribution is -2.57. The van der Waals surface area contributed by atoms with Crippen LogP contribution in [0.15, 0.2) is 25.3 Å². The molecule has 4 aliphatic rings. The Bertz CT molecular complexity index is 970. The summed E-state index contributed by atoms with van der Waals surface area (Å²) in [5.74, 6) is -1.74. The van der Waals surface area contributed by atoms with Crippen LogP contribution in [-0.2, 0) is 23.9 Å². The van der Waals surface area contributed by atoms with Crippen LogP contribution in [0.1, 0.15) is 52.4 Å². The molecule has 41 heavy (non-hydrogen) atoms. The predicted molar refractivity (Wildman–Crippen MR) is 156 cm³/mol. The summed E-state index contributed by atoms with van der Waals surface area (Å²) in [4.78, 5) is 50.6. The van der Waals surface area contributed by atoms with Crippen molar-refractivity contribution in [2.45, 2.75) is 69.6 Å². The zero-order valence-corrected chi connectivity index (χ0v) is 25.1. The van der Waals surface area contributed by atoms with Crippen LogP contribution in [0.5, 0.6) is 0 Å². The Hall–Kier alpha value is -2.27. The molecule has 230 valence electrons. The molecule has 3 amide bonds. The number of hydrogen-bond acceptors (Lipinski definition) is 7. The van der Waals surface area contributed by atoms with Crippen LogP contribution >= 0.6 is 0 Å². The van der Waals surface area contributed by atoms with E-state index in [1.165, 1.54) is 0 Å². The number of carbonyl (C=O) groups excluding carboxylic acids is 3. The van der Waals surface area contributed by atoms with E-state index in [-0.39, 0.29) is 24.3 Å². The maximum atomic E-state index is 14.5. The van der Waals surface area contributed by atoms with E-state index < -0.39 is 29.1 Å². The summed E-state index contributed by atoms with van der Waals surface area (Å²) in [6.45, 7) is 17.7. The number of aliphatic hydroxyl groups is 1. The molecule has 4 saturated heterocycles. The highest BCUT2D eigenvalue weighted by Gasteiger charge is 2.78. The molecule has 2 unspecified atom stereocenters. The first-order chi connectivity index (χ1) is 19.8. The summed E-state index contributed by atoms with van der Waals surface area (Å²) in [6.07, 6.45) is 7.15. The van der Waals surface area contributed by atoms with E-state index in [1.807, 2.05) is 13.8 Å². The second kappa shape index (κ2) is 13.8. The molecular formula is C31H50N4O6. The number of fused-ring (bicyclic) bond motifs is 1. The molecule has 4 fully saturated rings. The second-order valence-electron chi connectivity index (χ2n) is 11.9. The van der Waals surface area contributed by atoms with Crippen molar-refractivity contribution in [3.05, 3.63) is 25.3 Å². The maximum absolute atomic E-state index is 14.5. The SMILES string of the molecule is C=CCN(CCN1CCOCC1)C(=O)C1N(CCCCO)C(=O)[C@@H]2[C@H](C(=O)N(CC=C)CCC)[C@]3(CC)CCC12O3. The van der Waals surface area contributed by atoms with Gasteiger partial charge in [-0.3, -0.25) is 19.3 Å². The minimum absolute atomic E-state index is 0.0153. The van der Waals surface area contributed by atoms with Crippen molar-refractivity contribution >= 4 is 17.7 Å². The van der Waals surface area contributed by atoms with Crippen LogP contribution in [0, 0.1) is 11.8 Å². The first kappa shape index (κ1) is 31.7. The van der Waals surface area contributed by atoms with Crippen molar-refractivity contribution in [3.63, 3.8) is 0 Å². The molecular weight excluding hydrogens is 524 g/mol. The molecule has 1 N–H and O–H groups in total. The summed E-state index contributed by atoms with van der Waals surface area (Å²) in [6, 6.07) is -0.811. The first-order valence-corrected chi connectivity index (χ1v) is 15.5. The third-order valence-corrected chi connectivity index (χ3v) is 9.59. The molecule has 10 nitrogen and oxygen atoms in total. The van der Waals surface area contributed by atoms with E-state index in [9.17, 15) is 19.5 Å². The van der Waals surface area contributed by atoms with Gasteiger partial charge in [0.25, 0.3) is 0 Å². The molecule has 0 aliphatic carbocycles. The van der Waals surface area contributed by atoms with Crippen LogP contribution in [0.3, 0.4) is 0 Å². The molecule has 0 saturated carbocycles. The molecule has 1 spiro atoms. The van der Waals surface area contributed by atoms with Crippen molar-refractivity contribution in [1.29, 1.82) is 0 Å². The number of unbranched alkanes of at least 4 members (excludes halogenated alkanes) is 1. The van der Waals surface area contributed by atoms with E-state index in [1.54, 1.807) is 26.9 Å². The van der Waals surface area contributed by atoms with E-state index >= 15 is 0 Å². The fraction of sp³-hybridized carbons (Fsp3) is 0.774. The van der Waals surface area contributed by atoms with E-state index in [2.05, 4.69) is 18.1 Å². The Morgan fingerprint density at radius 2 is 1.71 bits per heavy atom. The predicted octanol–water partition coefficient (Wildman–Crippen LogP) is 1.69. The van der Waals surface area contributed by atoms with Gasteiger partial charge >= 0.3 is 0 Å². The zero-order valence-electron chi connectivity index (χ0n) is 25.1. The van der Waals surface area contributed by atoms with E-state index in [0.717, 1.165) is 19.5 Å². The van der Waals surface area contributed by atoms with E-state index in [0.29, 0.717) is 84.6 Å². The third-order valence-electron chi connectivity index (χ3n) is 9.59. The standard InChI is InChI=1S/C31H50N4O6/c1-5-13-33(14-6-2)27(37)24-25-28(38)35(16-9-10-21-36)26(31(25)12-11-30(24,8-4)41-31)29(39)34(15-7-3)18-17-32-19-22-40-23-20-32/h5,7,24-26,36H,1,3,6,8-23H2,2,4H3/t24-,25+,26?,30+,31?/m1/s1. The summed E-state index contributed by atoms with van der Waals surface area (Å²) in [5.41, 5.74) is -1.81. The maximum Gasteiger partial charge on any atom is 0.248 e. The summed E-state index contributed by atoms with van der Waals surface area (Å²) >= 11 is 0. The fourth-order valence-corrected chi connectivity index (χ4v) is 7.63. The van der Waals surface area contributed by atoms with Gasteiger partial charge in [0.15, 0.2) is 0 Å². The van der Waals surface area contributed by atoms with Crippen molar-refractivity contribution < 1.29 is 29.0 Å². The number of amides is 3. The topological polar surface area (TPSA) is 103 Å². The Morgan fingerprint density at radius 3 is 2.32 bits per heavy atom. The molecule has 4 heterocycles. The first-order valence-electron chi connectivity index (χ1n) is 15.5. The monoisotopic (exact) mass is 574 g/mol. The van der Waals surface area contributed by atoms with Gasteiger partial charge in [0.05, 0.1) is 30.7 Å². The van der Waals surface area contributed by atoms with Crippen LogP contribution in [-0.4, -0.2) is 132 Å². The number of nitrogens with zero attached hydrogens (tertiary/aromatic N) is 4. The highest BCUT2D eigenvalue weighted by atomic mass is 16.5. The van der Waals surface area contributed by atoms with Gasteiger partial charge < -0.3 is 29.3 Å². The molecule has 2 bridgehead atoms. The molecule has 0 radical (unpaired) electrons. The average molecular weight is 575 g/mol. The van der Waals surface area contributed by atoms with E-state index in [4.69, 9.17) is 9.47 Å². The highest BCUT2D eigenvalue weighted by molar-refractivity contribution is 5.99. The molecule has 10 heteroatoms. The largest absolute Gasteiger partial charge is 0.396 e. The van der Waals surface area contributed by atoms with Gasteiger partial charge in [-0.05, 0) is 38.5 Å². The number of rotatable bonds is 16. The van der Waals surface area contributed by atoms with Crippen LogP contribution < -0.4 is 0 Å². The molecule has 0 aromatic rings. The molecule has 0 aromatic carbocycles. The van der Waals surface area contributed by atoms with Gasteiger partial charge in [0, 0.05) is 59.0 Å². The highest BCUT2D eigenvalue weighted by Crippen LogP contribution is 2.64. The quantitative estimate of drug-likeness (QED) is 0.221. The average Bonchev–Trinajstić information content (AvgIpc) is 3.59. The summed E-state index contributed by atoms with van der Waals surface area (Å²) in [7, 11) is 0. The smallest absolute Gasteiger partial charge is 0.248 e. The summed E-state index contributed by atoms with van der Waals surface area (Å²) in [5, 5.41) is 9.45. The second-order valence-corrected chi connectivity index (χ2v) is 11.9. The number of aliphatic hydroxyl groups excluding tert-OH is 1. The normalized spacial score (nSPS) is 30.9. The van der Waals surface area contributed by atoms with Crippen molar-refractivity contribution in [2.24, 2.45) is 11.8 Å². The number of morpholine rings is 1. The number of hydrogen-bond donors (Lipinski definition) is 1. The van der Waals surface area contributed by atoms with Crippen LogP contribution in [0.2, 0.25) is 0 Å². The Morgan fingerprint density at radius 1 is 1.02 bits per heavy atom. The molecule has 4 aliphatic heterocycles. The molecule has 4 rings (SSSR count). The number of carbonyl (C=O) groups is 3. The lowest BCUT2D eigenvalue weighted by molar-refractivity contribution is -0.155. The Kier molecular flexibility index (Phi) is 10.7. The van der Waals surface area contributed by atoms with Crippen LogP contribution in [0.4, 0.5) is 0 Å². The van der Waals surface area contributed by atoms with Gasteiger partial charge in [-0.1, -0.05) is 26.0 Å². The molecule has 5 atom stereocenters. The lowest BCUT2D eigenvalue weighted by Gasteiger charge is -2.37. The van der Waals surface area contributed by atoms with Gasteiger partial charge in [0.1, 0.15) is 11.6 Å². The zero-order chi connectivity index (χ0) is 29.6. The minimum Gasteiger partial charge on any atom is -0.396 e. The molecule has 0 aromatic heterocycles. The van der Waals surface area contributed by atoms with Gasteiger partial charge in [-0.15, -0.1) is 13.2 Å². The van der Waals surface area contributed by atoms with Gasteiger partial charge in [-0.2, -0.15) is 0 Å². The fourth-order valence-electron chi connectivity index (χ4n) is 7.63. The number of ether oxygens (including phenoxy) is 2. The Balaban J connectivity index is 1.69. The van der Waals surface area contributed by atoms with Crippen molar-refractivity contribution in [1.82, 2.24) is 19.6 Å².